The molecule has 0 aliphatic carbocycles. The number of rotatable bonds is 14. The Morgan fingerprint density at radius 1 is 0.560 bits per heavy atom. The average Bonchev–Trinajstić information content (AvgIpc) is 2.44. The minimum absolute atomic E-state index is 1.37. The van der Waals surface area contributed by atoms with Crippen molar-refractivity contribution in [3.05, 3.63) is 50.6 Å². The zero-order chi connectivity index (χ0) is 19.6. The van der Waals surface area contributed by atoms with Crippen LogP contribution in [-0.4, -0.2) is 57.0 Å². The molecule has 20 heteroatoms. The molecule has 0 aromatic rings. The molecule has 2 atom stereocenters. The molecule has 0 N–H and O–H groups in total. The minimum atomic E-state index is -2.45. The molecule has 0 radical (unpaired) electrons. The molecule has 0 saturated heterocycles. The predicted molar refractivity (Wildman–Crippen MR) is 61.5 cm³/mol. The topological polar surface area (TPSA) is 262 Å². The lowest BCUT2D eigenvalue weighted by Crippen LogP contribution is -2.49. The number of nitrogens with zero attached hydrogens (tertiary/aromatic N) is 5. The summed E-state index contributed by atoms with van der Waals surface area (Å²) in [7, 11) is 0. The average molecular weight is 377 g/mol. The van der Waals surface area contributed by atoms with Crippen molar-refractivity contribution >= 4 is 0 Å². The lowest BCUT2D eigenvalue weighted by Gasteiger charge is -2.27. The van der Waals surface area contributed by atoms with Crippen LogP contribution in [0.25, 0.3) is 0 Å². The molecule has 0 aliphatic heterocycles. The standard InChI is InChI=1S/C5H7N5O15/c11-6(12)21-1-3(23-8(15)16)5(25-10(19)20)4(24-9(17)18)2-22-7(13)14/h3-5H,1-2H2. The summed E-state index contributed by atoms with van der Waals surface area (Å²) < 4.78 is 0. The van der Waals surface area contributed by atoms with Crippen molar-refractivity contribution in [1.29, 1.82) is 0 Å². The van der Waals surface area contributed by atoms with Gasteiger partial charge in [-0.25, -0.2) is 0 Å². The van der Waals surface area contributed by atoms with E-state index in [2.05, 4.69) is 24.2 Å². The van der Waals surface area contributed by atoms with E-state index >= 15 is 0 Å². The maximum atomic E-state index is 10.4. The second-order valence-corrected chi connectivity index (χ2v) is 3.57. The Balaban J connectivity index is 5.56. The fourth-order valence-electron chi connectivity index (χ4n) is 1.33. The molecular formula is C5H7N5O15. The van der Waals surface area contributed by atoms with Gasteiger partial charge in [0.15, 0.2) is 18.3 Å². The first-order valence-corrected chi connectivity index (χ1v) is 5.51. The normalized spacial score (nSPS) is 13.4. The fraction of sp³-hybridized carbons (Fsp3) is 1.00. The summed E-state index contributed by atoms with van der Waals surface area (Å²) in [4.78, 5) is 70.6. The van der Waals surface area contributed by atoms with Crippen LogP contribution < -0.4 is 0 Å². The largest absolute Gasteiger partial charge is 0.311 e. The van der Waals surface area contributed by atoms with Crippen molar-refractivity contribution < 1.29 is 49.6 Å². The van der Waals surface area contributed by atoms with Crippen molar-refractivity contribution in [3.8, 4) is 0 Å². The van der Waals surface area contributed by atoms with Crippen molar-refractivity contribution in [2.75, 3.05) is 13.2 Å². The van der Waals surface area contributed by atoms with Crippen LogP contribution in [0.15, 0.2) is 0 Å². The van der Waals surface area contributed by atoms with Crippen molar-refractivity contribution in [3.63, 3.8) is 0 Å². The third-order valence-corrected chi connectivity index (χ3v) is 2.07. The highest BCUT2D eigenvalue weighted by Gasteiger charge is 2.39. The summed E-state index contributed by atoms with van der Waals surface area (Å²) in [5, 5.41) is 43.8. The van der Waals surface area contributed by atoms with E-state index in [1.54, 1.807) is 0 Å². The molecule has 2 unspecified atom stereocenters. The maximum Gasteiger partial charge on any atom is 0.294 e. The molecule has 142 valence electrons. The Morgan fingerprint density at radius 3 is 1.12 bits per heavy atom. The van der Waals surface area contributed by atoms with Crippen LogP contribution in [0.4, 0.5) is 0 Å². The summed E-state index contributed by atoms with van der Waals surface area (Å²) >= 11 is 0. The summed E-state index contributed by atoms with van der Waals surface area (Å²) in [6.45, 7) is -2.74. The Kier molecular flexibility index (Phi) is 8.32. The first-order valence-electron chi connectivity index (χ1n) is 5.51. The summed E-state index contributed by atoms with van der Waals surface area (Å²) in [6, 6.07) is 0. The second-order valence-electron chi connectivity index (χ2n) is 3.57. The third-order valence-electron chi connectivity index (χ3n) is 2.07. The Labute approximate surface area is 133 Å². The molecule has 20 nitrogen and oxygen atoms in total. The highest BCUT2D eigenvalue weighted by molar-refractivity contribution is 4.77. The Hall–Kier alpha value is -4.00. The molecule has 0 fully saturated rings. The highest BCUT2D eigenvalue weighted by atomic mass is 17.0. The zero-order valence-electron chi connectivity index (χ0n) is 11.5. The summed E-state index contributed by atoms with van der Waals surface area (Å²) in [5.41, 5.74) is 0. The number of hydrogen-bond donors (Lipinski definition) is 0. The van der Waals surface area contributed by atoms with Crippen LogP contribution in [0, 0.1) is 50.6 Å². The van der Waals surface area contributed by atoms with Gasteiger partial charge in [-0.1, -0.05) is 0 Å². The molecule has 0 amide bonds. The van der Waals surface area contributed by atoms with Crippen LogP contribution in [-0.2, 0) is 24.2 Å². The van der Waals surface area contributed by atoms with Gasteiger partial charge in [-0.2, -0.15) is 0 Å². The molecule has 0 bridgehead atoms. The second kappa shape index (κ2) is 9.90. The van der Waals surface area contributed by atoms with E-state index in [1.807, 2.05) is 0 Å². The van der Waals surface area contributed by atoms with Gasteiger partial charge in [0.2, 0.25) is 0 Å². The fourth-order valence-corrected chi connectivity index (χ4v) is 1.33. The summed E-state index contributed by atoms with van der Waals surface area (Å²) in [6.07, 6.45) is -7.11. The van der Waals surface area contributed by atoms with Crippen LogP contribution in [0.1, 0.15) is 0 Å². The molecule has 0 heterocycles. The molecular weight excluding hydrogens is 370 g/mol. The quantitative estimate of drug-likeness (QED) is 0.237. The van der Waals surface area contributed by atoms with E-state index in [1.165, 1.54) is 0 Å². The van der Waals surface area contributed by atoms with Crippen molar-refractivity contribution in [2.24, 2.45) is 0 Å². The maximum absolute atomic E-state index is 10.4. The number of hydrogen-bond acceptors (Lipinski definition) is 15. The van der Waals surface area contributed by atoms with Gasteiger partial charge in [0.1, 0.15) is 13.2 Å². The van der Waals surface area contributed by atoms with E-state index in [0.717, 1.165) is 0 Å². The molecule has 0 rings (SSSR count). The van der Waals surface area contributed by atoms with Gasteiger partial charge in [0, 0.05) is 0 Å². The van der Waals surface area contributed by atoms with Gasteiger partial charge in [0.05, 0.1) is 0 Å². The van der Waals surface area contributed by atoms with E-state index in [4.69, 9.17) is 0 Å². The van der Waals surface area contributed by atoms with Crippen molar-refractivity contribution in [2.45, 2.75) is 18.3 Å². The van der Waals surface area contributed by atoms with Gasteiger partial charge >= 0.3 is 0 Å². The molecule has 0 aliphatic rings. The molecule has 0 spiro atoms. The first-order chi connectivity index (χ1) is 11.5. The minimum Gasteiger partial charge on any atom is -0.311 e. The van der Waals surface area contributed by atoms with Crippen LogP contribution in [0.5, 0.6) is 0 Å². The van der Waals surface area contributed by atoms with Gasteiger partial charge in [-0.3, -0.25) is 0 Å². The molecule has 0 aromatic carbocycles. The molecule has 0 saturated carbocycles. The predicted octanol–water partition coefficient (Wildman–Crippen LogP) is -1.87. The Morgan fingerprint density at radius 2 is 0.880 bits per heavy atom. The lowest BCUT2D eigenvalue weighted by atomic mass is 10.1. The van der Waals surface area contributed by atoms with Gasteiger partial charge in [0.25, 0.3) is 25.4 Å². The van der Waals surface area contributed by atoms with Crippen LogP contribution in [0.2, 0.25) is 0 Å². The van der Waals surface area contributed by atoms with Crippen molar-refractivity contribution in [1.82, 2.24) is 0 Å². The third kappa shape index (κ3) is 9.59. The van der Waals surface area contributed by atoms with E-state index in [0.29, 0.717) is 0 Å². The monoisotopic (exact) mass is 377 g/mol. The van der Waals surface area contributed by atoms with Crippen LogP contribution in [0.3, 0.4) is 0 Å². The lowest BCUT2D eigenvalue weighted by molar-refractivity contribution is -0.828. The van der Waals surface area contributed by atoms with Gasteiger partial charge < -0.3 is 24.2 Å². The molecule has 0 aromatic heterocycles. The molecule has 25 heavy (non-hydrogen) atoms. The summed E-state index contributed by atoms with van der Waals surface area (Å²) in [5.74, 6) is 0. The first kappa shape index (κ1) is 21.0. The van der Waals surface area contributed by atoms with E-state index in [9.17, 15) is 50.6 Å². The Bertz CT molecular complexity index is 484. The SMILES string of the molecule is O=[N+]([O-])OCC(O[N+](=O)[O-])C(O[N+](=O)[O-])C(CO[N+](=O)[O-])O[N+](=O)[O-]. The highest BCUT2D eigenvalue weighted by Crippen LogP contribution is 2.15. The van der Waals surface area contributed by atoms with Crippen LogP contribution >= 0.6 is 0 Å². The van der Waals surface area contributed by atoms with Gasteiger partial charge in [-0.05, 0) is 0 Å². The zero-order valence-corrected chi connectivity index (χ0v) is 11.5. The van der Waals surface area contributed by atoms with E-state index < -0.39 is 57.0 Å². The van der Waals surface area contributed by atoms with Gasteiger partial charge in [-0.15, -0.1) is 50.6 Å². The van der Waals surface area contributed by atoms with E-state index in [-0.39, 0.29) is 0 Å². The smallest absolute Gasteiger partial charge is 0.294 e.